The standard InChI is InChI=1S/C22H24N2O4/c1-4-27-21(25)19-15(2)24(3)22(26)23-20(19)17-10-12-18(13-11-17)28-14-16-8-6-5-7-9-16/h5-13,20H,4,14H2,1-3H3,(H,23,26)/t20-/m1/s1. The predicted octanol–water partition coefficient (Wildman–Crippen LogP) is 3.80. The van der Waals surface area contributed by atoms with E-state index in [4.69, 9.17) is 9.47 Å². The number of hydrogen-bond donors (Lipinski definition) is 1. The summed E-state index contributed by atoms with van der Waals surface area (Å²) in [5.74, 6) is 0.284. The highest BCUT2D eigenvalue weighted by molar-refractivity contribution is 5.94. The van der Waals surface area contributed by atoms with Gasteiger partial charge in [-0.15, -0.1) is 0 Å². The second-order valence-electron chi connectivity index (χ2n) is 6.50. The molecule has 0 aromatic heterocycles. The number of amides is 2. The summed E-state index contributed by atoms with van der Waals surface area (Å²) in [7, 11) is 1.63. The van der Waals surface area contributed by atoms with Gasteiger partial charge in [0.2, 0.25) is 0 Å². The van der Waals surface area contributed by atoms with E-state index >= 15 is 0 Å². The zero-order valence-corrected chi connectivity index (χ0v) is 16.3. The molecule has 0 bridgehead atoms. The summed E-state index contributed by atoms with van der Waals surface area (Å²) in [6, 6.07) is 16.4. The smallest absolute Gasteiger partial charge is 0.338 e. The zero-order valence-electron chi connectivity index (χ0n) is 16.3. The van der Waals surface area contributed by atoms with Crippen molar-refractivity contribution in [2.45, 2.75) is 26.5 Å². The molecule has 2 amide bonds. The first kappa shape index (κ1) is 19.5. The lowest BCUT2D eigenvalue weighted by atomic mass is 9.95. The SMILES string of the molecule is CCOC(=O)C1=C(C)N(C)C(=O)N[C@@H]1c1ccc(OCc2ccccc2)cc1. The molecule has 1 aliphatic rings. The van der Waals surface area contributed by atoms with E-state index in [1.165, 1.54) is 4.90 Å². The molecular formula is C22H24N2O4. The number of nitrogens with zero attached hydrogens (tertiary/aromatic N) is 1. The first-order valence-corrected chi connectivity index (χ1v) is 9.20. The summed E-state index contributed by atoms with van der Waals surface area (Å²) in [5.41, 5.74) is 2.88. The number of allylic oxidation sites excluding steroid dienone is 1. The van der Waals surface area contributed by atoms with E-state index in [0.29, 0.717) is 23.6 Å². The van der Waals surface area contributed by atoms with Gasteiger partial charge < -0.3 is 19.7 Å². The Kier molecular flexibility index (Phi) is 5.99. The van der Waals surface area contributed by atoms with Crippen molar-refractivity contribution in [2.75, 3.05) is 13.7 Å². The minimum absolute atomic E-state index is 0.264. The molecule has 0 unspecified atom stereocenters. The van der Waals surface area contributed by atoms with Crippen LogP contribution in [-0.4, -0.2) is 30.6 Å². The van der Waals surface area contributed by atoms with Gasteiger partial charge in [0, 0.05) is 12.7 Å². The highest BCUT2D eigenvalue weighted by Gasteiger charge is 2.34. The number of esters is 1. The number of urea groups is 1. The van der Waals surface area contributed by atoms with Gasteiger partial charge in [0.15, 0.2) is 0 Å². The van der Waals surface area contributed by atoms with E-state index in [1.807, 2.05) is 54.6 Å². The number of nitrogens with one attached hydrogen (secondary N) is 1. The molecule has 2 aromatic carbocycles. The van der Waals surface area contributed by atoms with Crippen molar-refractivity contribution in [1.29, 1.82) is 0 Å². The van der Waals surface area contributed by atoms with E-state index in [0.717, 1.165) is 11.1 Å². The normalized spacial score (nSPS) is 16.6. The van der Waals surface area contributed by atoms with Crippen LogP contribution < -0.4 is 10.1 Å². The Morgan fingerprint density at radius 2 is 1.79 bits per heavy atom. The van der Waals surface area contributed by atoms with Crippen LogP contribution in [0, 0.1) is 0 Å². The summed E-state index contributed by atoms with van der Waals surface area (Å²) in [6.45, 7) is 4.24. The average Bonchev–Trinajstić information content (AvgIpc) is 2.71. The fraction of sp³-hybridized carbons (Fsp3) is 0.273. The van der Waals surface area contributed by atoms with Crippen molar-refractivity contribution < 1.29 is 19.1 Å². The lowest BCUT2D eigenvalue weighted by molar-refractivity contribution is -0.139. The number of carbonyl (C=O) groups excluding carboxylic acids is 2. The van der Waals surface area contributed by atoms with Crippen LogP contribution in [0.1, 0.15) is 31.0 Å². The fourth-order valence-corrected chi connectivity index (χ4v) is 3.06. The van der Waals surface area contributed by atoms with Gasteiger partial charge in [-0.05, 0) is 37.1 Å². The van der Waals surface area contributed by atoms with Crippen LogP contribution in [0.15, 0.2) is 65.9 Å². The Labute approximate surface area is 164 Å². The number of rotatable bonds is 6. The van der Waals surface area contributed by atoms with Crippen molar-refractivity contribution in [3.63, 3.8) is 0 Å². The first-order chi connectivity index (χ1) is 13.5. The lowest BCUT2D eigenvalue weighted by Gasteiger charge is -2.33. The lowest BCUT2D eigenvalue weighted by Crippen LogP contribution is -2.46. The Bertz CT molecular complexity index is 875. The summed E-state index contributed by atoms with van der Waals surface area (Å²) in [5, 5.41) is 2.87. The Hall–Kier alpha value is -3.28. The molecule has 1 aliphatic heterocycles. The Balaban J connectivity index is 1.80. The molecule has 6 heteroatoms. The average molecular weight is 380 g/mol. The molecule has 3 rings (SSSR count). The van der Waals surface area contributed by atoms with Gasteiger partial charge in [-0.3, -0.25) is 0 Å². The third kappa shape index (κ3) is 4.17. The zero-order chi connectivity index (χ0) is 20.1. The van der Waals surface area contributed by atoms with E-state index in [9.17, 15) is 9.59 Å². The summed E-state index contributed by atoms with van der Waals surface area (Å²) in [6.07, 6.45) is 0. The van der Waals surface area contributed by atoms with Crippen LogP contribution >= 0.6 is 0 Å². The molecule has 1 N–H and O–H groups in total. The largest absolute Gasteiger partial charge is 0.489 e. The predicted molar refractivity (Wildman–Crippen MR) is 106 cm³/mol. The van der Waals surface area contributed by atoms with E-state index in [-0.39, 0.29) is 12.6 Å². The highest BCUT2D eigenvalue weighted by Crippen LogP contribution is 2.31. The van der Waals surface area contributed by atoms with Crippen LogP contribution in [-0.2, 0) is 16.1 Å². The summed E-state index contributed by atoms with van der Waals surface area (Å²) >= 11 is 0. The van der Waals surface area contributed by atoms with Gasteiger partial charge in [0.25, 0.3) is 0 Å². The van der Waals surface area contributed by atoms with Crippen molar-refractivity contribution >= 4 is 12.0 Å². The molecule has 0 fully saturated rings. The van der Waals surface area contributed by atoms with Crippen molar-refractivity contribution in [3.8, 4) is 5.75 Å². The third-order valence-electron chi connectivity index (χ3n) is 4.71. The molecule has 146 valence electrons. The van der Waals surface area contributed by atoms with E-state index in [2.05, 4.69) is 5.32 Å². The molecule has 6 nitrogen and oxygen atoms in total. The molecule has 1 heterocycles. The first-order valence-electron chi connectivity index (χ1n) is 9.20. The number of benzene rings is 2. The molecule has 28 heavy (non-hydrogen) atoms. The van der Waals surface area contributed by atoms with Crippen LogP contribution in [0.2, 0.25) is 0 Å². The van der Waals surface area contributed by atoms with E-state index < -0.39 is 12.0 Å². The second kappa shape index (κ2) is 8.61. The maximum absolute atomic E-state index is 12.5. The molecule has 0 saturated carbocycles. The van der Waals surface area contributed by atoms with Crippen LogP contribution in [0.3, 0.4) is 0 Å². The van der Waals surface area contributed by atoms with Crippen LogP contribution in [0.25, 0.3) is 0 Å². The quantitative estimate of drug-likeness (QED) is 0.774. The number of ether oxygens (including phenoxy) is 2. The van der Waals surface area contributed by atoms with Gasteiger partial charge in [-0.25, -0.2) is 9.59 Å². The van der Waals surface area contributed by atoms with Crippen molar-refractivity contribution in [1.82, 2.24) is 10.2 Å². The minimum Gasteiger partial charge on any atom is -0.489 e. The maximum atomic E-state index is 12.5. The topological polar surface area (TPSA) is 67.9 Å². The Morgan fingerprint density at radius 3 is 2.43 bits per heavy atom. The minimum atomic E-state index is -0.564. The van der Waals surface area contributed by atoms with Crippen LogP contribution in [0.4, 0.5) is 4.79 Å². The molecule has 0 radical (unpaired) electrons. The van der Waals surface area contributed by atoms with Crippen LogP contribution in [0.5, 0.6) is 5.75 Å². The van der Waals surface area contributed by atoms with Crippen molar-refractivity contribution in [2.24, 2.45) is 0 Å². The fourth-order valence-electron chi connectivity index (χ4n) is 3.06. The van der Waals surface area contributed by atoms with Gasteiger partial charge >= 0.3 is 12.0 Å². The number of carbonyl (C=O) groups is 2. The third-order valence-corrected chi connectivity index (χ3v) is 4.71. The Morgan fingerprint density at radius 1 is 1.11 bits per heavy atom. The molecule has 0 aliphatic carbocycles. The summed E-state index contributed by atoms with van der Waals surface area (Å²) < 4.78 is 11.0. The van der Waals surface area contributed by atoms with Gasteiger partial charge in [-0.1, -0.05) is 42.5 Å². The molecule has 0 spiro atoms. The van der Waals surface area contributed by atoms with Crippen molar-refractivity contribution in [3.05, 3.63) is 77.0 Å². The number of hydrogen-bond acceptors (Lipinski definition) is 4. The molecular weight excluding hydrogens is 356 g/mol. The van der Waals surface area contributed by atoms with Gasteiger partial charge in [0.1, 0.15) is 12.4 Å². The van der Waals surface area contributed by atoms with Gasteiger partial charge in [0.05, 0.1) is 18.2 Å². The summed E-state index contributed by atoms with van der Waals surface area (Å²) in [4.78, 5) is 26.1. The van der Waals surface area contributed by atoms with Gasteiger partial charge in [-0.2, -0.15) is 0 Å². The molecule has 0 saturated heterocycles. The van der Waals surface area contributed by atoms with E-state index in [1.54, 1.807) is 20.9 Å². The highest BCUT2D eigenvalue weighted by atomic mass is 16.5. The molecule has 1 atom stereocenters. The molecule has 2 aromatic rings. The monoisotopic (exact) mass is 380 g/mol. The second-order valence-corrected chi connectivity index (χ2v) is 6.50. The maximum Gasteiger partial charge on any atom is 0.338 e.